The number of nitrogens with one attached hydrogen (secondary N) is 1. The number of fused-ring (bicyclic) bond motifs is 1. The Morgan fingerprint density at radius 2 is 1.82 bits per heavy atom. The van der Waals surface area contributed by atoms with E-state index in [1.807, 2.05) is 60.7 Å². The van der Waals surface area contributed by atoms with Crippen LogP contribution in [-0.4, -0.2) is 41.6 Å². The van der Waals surface area contributed by atoms with Gasteiger partial charge in [0.2, 0.25) is 11.9 Å². The molecule has 4 rings (SSSR count). The van der Waals surface area contributed by atoms with Crippen LogP contribution >= 0.6 is 0 Å². The average Bonchev–Trinajstić information content (AvgIpc) is 3.35. The zero-order valence-electron chi connectivity index (χ0n) is 24.7. The van der Waals surface area contributed by atoms with Gasteiger partial charge in [-0.3, -0.25) is 9.89 Å². The van der Waals surface area contributed by atoms with Crippen LogP contribution in [0.5, 0.6) is 5.75 Å². The summed E-state index contributed by atoms with van der Waals surface area (Å²) >= 11 is 0. The molecule has 0 unspecified atom stereocenters. The Balaban J connectivity index is 1.45. The van der Waals surface area contributed by atoms with Crippen molar-refractivity contribution in [2.45, 2.75) is 32.6 Å². The van der Waals surface area contributed by atoms with Crippen LogP contribution in [0.15, 0.2) is 84.9 Å². The molecule has 0 saturated heterocycles. The van der Waals surface area contributed by atoms with Crippen LogP contribution in [0.4, 0.5) is 4.39 Å². The van der Waals surface area contributed by atoms with Crippen molar-refractivity contribution in [1.29, 1.82) is 0 Å². The number of unbranched alkanes of at least 4 members (excludes halogenated alkanes) is 2. The molecule has 3 aromatic carbocycles. The van der Waals surface area contributed by atoms with Gasteiger partial charge in [-0.2, -0.15) is 9.49 Å². The SMILES string of the molecule is [2H]C([2H])([2H])N(C)C(=O)/C=C/CCCCOc1ccc(/C(=C(/CC)c2ccccc2)c2ccc3n[nH]c(F)c3c2)cc1. The number of H-pyrrole nitrogens is 1. The topological polar surface area (TPSA) is 58.2 Å². The molecule has 5 nitrogen and oxygen atoms in total. The van der Waals surface area contributed by atoms with Gasteiger partial charge in [0.25, 0.3) is 0 Å². The third-order valence-electron chi connectivity index (χ3n) is 6.34. The van der Waals surface area contributed by atoms with Gasteiger partial charge in [-0.25, -0.2) is 0 Å². The summed E-state index contributed by atoms with van der Waals surface area (Å²) in [5, 5.41) is 6.90. The van der Waals surface area contributed by atoms with Crippen LogP contribution in [0.25, 0.3) is 22.0 Å². The smallest absolute Gasteiger partial charge is 0.245 e. The van der Waals surface area contributed by atoms with Crippen molar-refractivity contribution < 1.29 is 18.0 Å². The second kappa shape index (κ2) is 12.9. The van der Waals surface area contributed by atoms with Crippen molar-refractivity contribution in [2.24, 2.45) is 0 Å². The fourth-order valence-electron chi connectivity index (χ4n) is 4.38. The van der Waals surface area contributed by atoms with Crippen LogP contribution in [-0.2, 0) is 4.79 Å². The zero-order chi connectivity index (χ0) is 29.4. The summed E-state index contributed by atoms with van der Waals surface area (Å²) in [5.41, 5.74) is 5.77. The van der Waals surface area contributed by atoms with E-state index < -0.39 is 18.8 Å². The molecular formula is C32H34FN3O2. The van der Waals surface area contributed by atoms with Gasteiger partial charge in [-0.05, 0) is 83.9 Å². The Morgan fingerprint density at radius 3 is 2.55 bits per heavy atom. The molecule has 1 aromatic heterocycles. The number of allylic oxidation sites excluding steroid dienone is 2. The molecule has 0 aliphatic rings. The molecule has 0 aliphatic heterocycles. The van der Waals surface area contributed by atoms with E-state index in [4.69, 9.17) is 8.85 Å². The molecule has 196 valence electrons. The van der Waals surface area contributed by atoms with Crippen molar-refractivity contribution in [3.63, 3.8) is 0 Å². The van der Waals surface area contributed by atoms with Gasteiger partial charge in [-0.15, -0.1) is 0 Å². The third kappa shape index (κ3) is 6.57. The normalized spacial score (nSPS) is 13.6. The number of aromatic amines is 1. The number of likely N-dealkylation sites (N-methyl/N-ethyl adjacent to an activating group) is 1. The van der Waals surface area contributed by atoms with Gasteiger partial charge in [-0.1, -0.05) is 61.5 Å². The fourth-order valence-corrected chi connectivity index (χ4v) is 4.38. The molecule has 1 heterocycles. The first-order chi connectivity index (χ1) is 19.7. The standard InChI is InChI=1S/C32H34FN3O2/c1-4-27(23-12-8-7-9-13-23)31(25-17-20-29-28(22-25)32(33)35-34-29)24-15-18-26(19-16-24)38-21-11-6-5-10-14-30(37)36(2)3/h7-10,12-20,22H,4-6,11,21H2,1-3H3,(H,34,35)/b14-10+,31-27+/i2D3. The second-order valence-corrected chi connectivity index (χ2v) is 9.01. The summed E-state index contributed by atoms with van der Waals surface area (Å²) in [6, 6.07) is 23.8. The number of carbonyl (C=O) groups excluding carboxylic acids is 1. The first-order valence-electron chi connectivity index (χ1n) is 14.3. The number of hydrogen-bond donors (Lipinski definition) is 1. The maximum absolute atomic E-state index is 14.4. The van der Waals surface area contributed by atoms with Crippen molar-refractivity contribution in [1.82, 2.24) is 15.1 Å². The lowest BCUT2D eigenvalue weighted by molar-refractivity contribution is -0.123. The van der Waals surface area contributed by atoms with Gasteiger partial charge in [0, 0.05) is 18.1 Å². The van der Waals surface area contributed by atoms with Gasteiger partial charge in [0.15, 0.2) is 0 Å². The lowest BCUT2D eigenvalue weighted by Gasteiger charge is -2.17. The van der Waals surface area contributed by atoms with E-state index in [0.29, 0.717) is 23.9 Å². The Kier molecular flexibility index (Phi) is 7.77. The minimum atomic E-state index is -2.44. The highest BCUT2D eigenvalue weighted by atomic mass is 19.1. The molecule has 0 aliphatic carbocycles. The second-order valence-electron chi connectivity index (χ2n) is 9.01. The lowest BCUT2D eigenvalue weighted by atomic mass is 9.88. The Labute approximate surface area is 227 Å². The molecule has 4 aromatic rings. The first-order valence-corrected chi connectivity index (χ1v) is 12.8. The molecule has 0 saturated carbocycles. The van der Waals surface area contributed by atoms with E-state index in [9.17, 15) is 9.18 Å². The summed E-state index contributed by atoms with van der Waals surface area (Å²) in [6.45, 7) is 0.194. The molecule has 0 radical (unpaired) electrons. The highest BCUT2D eigenvalue weighted by molar-refractivity contribution is 6.00. The number of nitrogens with zero attached hydrogens (tertiary/aromatic N) is 2. The summed E-state index contributed by atoms with van der Waals surface area (Å²) in [6.07, 6.45) is 6.02. The lowest BCUT2D eigenvalue weighted by Crippen LogP contribution is -2.18. The molecular weight excluding hydrogens is 477 g/mol. The van der Waals surface area contributed by atoms with Crippen molar-refractivity contribution in [3.05, 3.63) is 108 Å². The number of aromatic nitrogens is 2. The minimum absolute atomic E-state index is 0.451. The predicted molar refractivity (Wildman–Crippen MR) is 152 cm³/mol. The average molecular weight is 515 g/mol. The molecule has 0 atom stereocenters. The van der Waals surface area contributed by atoms with Crippen LogP contribution in [0, 0.1) is 5.95 Å². The Morgan fingerprint density at radius 1 is 1.05 bits per heavy atom. The third-order valence-corrected chi connectivity index (χ3v) is 6.34. The van der Waals surface area contributed by atoms with Crippen LogP contribution in [0.3, 0.4) is 0 Å². The Hall–Kier alpha value is -4.19. The summed E-state index contributed by atoms with van der Waals surface area (Å²) in [5.74, 6) is -0.247. The maximum atomic E-state index is 14.4. The van der Waals surface area contributed by atoms with E-state index in [0.717, 1.165) is 57.7 Å². The van der Waals surface area contributed by atoms with Crippen molar-refractivity contribution >= 4 is 28.0 Å². The maximum Gasteiger partial charge on any atom is 0.245 e. The molecule has 0 bridgehead atoms. The molecule has 1 N–H and O–H groups in total. The number of rotatable bonds is 11. The highest BCUT2D eigenvalue weighted by Crippen LogP contribution is 2.36. The number of carbonyl (C=O) groups is 1. The van der Waals surface area contributed by atoms with E-state index in [1.54, 1.807) is 6.08 Å². The molecule has 38 heavy (non-hydrogen) atoms. The molecule has 0 fully saturated rings. The summed E-state index contributed by atoms with van der Waals surface area (Å²) in [4.78, 5) is 12.6. The Bertz CT molecular complexity index is 1530. The van der Waals surface area contributed by atoms with Crippen LogP contribution < -0.4 is 4.74 Å². The molecule has 1 amide bonds. The van der Waals surface area contributed by atoms with E-state index in [-0.39, 0.29) is 0 Å². The van der Waals surface area contributed by atoms with E-state index in [1.165, 1.54) is 13.1 Å². The van der Waals surface area contributed by atoms with Crippen LogP contribution in [0.1, 0.15) is 53.4 Å². The first kappa shape index (κ1) is 23.0. The summed E-state index contributed by atoms with van der Waals surface area (Å²) in [7, 11) is 1.26. The number of ether oxygens (including phenoxy) is 1. The van der Waals surface area contributed by atoms with Gasteiger partial charge < -0.3 is 9.64 Å². The van der Waals surface area contributed by atoms with Gasteiger partial charge >= 0.3 is 0 Å². The van der Waals surface area contributed by atoms with E-state index >= 15 is 0 Å². The van der Waals surface area contributed by atoms with Gasteiger partial charge in [0.05, 0.1) is 17.5 Å². The largest absolute Gasteiger partial charge is 0.494 e. The summed E-state index contributed by atoms with van der Waals surface area (Å²) < 4.78 is 42.1. The minimum Gasteiger partial charge on any atom is -0.494 e. The van der Waals surface area contributed by atoms with Crippen molar-refractivity contribution in [3.8, 4) is 5.75 Å². The van der Waals surface area contributed by atoms with Crippen molar-refractivity contribution in [2.75, 3.05) is 20.6 Å². The van der Waals surface area contributed by atoms with Gasteiger partial charge in [0.1, 0.15) is 5.75 Å². The number of amides is 1. The highest BCUT2D eigenvalue weighted by Gasteiger charge is 2.15. The predicted octanol–water partition coefficient (Wildman–Crippen LogP) is 7.26. The quantitative estimate of drug-likeness (QED) is 0.130. The molecule has 0 spiro atoms. The number of hydrogen-bond acceptors (Lipinski definition) is 3. The molecule has 6 heteroatoms. The van der Waals surface area contributed by atoms with Crippen LogP contribution in [0.2, 0.25) is 0 Å². The number of halogens is 1. The van der Waals surface area contributed by atoms with E-state index in [2.05, 4.69) is 29.3 Å². The zero-order valence-corrected chi connectivity index (χ0v) is 21.7. The number of benzene rings is 3. The monoisotopic (exact) mass is 514 g/mol. The fraction of sp³-hybridized carbons (Fsp3) is 0.250.